The second kappa shape index (κ2) is 7.45. The zero-order valence-electron chi connectivity index (χ0n) is 14.7. The van der Waals surface area contributed by atoms with Gasteiger partial charge in [-0.25, -0.2) is 0 Å². The van der Waals surface area contributed by atoms with Crippen LogP contribution in [0, 0.1) is 0 Å². The molecule has 1 aliphatic heterocycles. The SMILES string of the molecule is CC(C)(O)CCc1ccc(CN2CCC(n3cnnc3)CC2)cc1. The fraction of sp³-hybridized carbons (Fsp3) is 0.579. The van der Waals surface area contributed by atoms with E-state index in [-0.39, 0.29) is 0 Å². The van der Waals surface area contributed by atoms with E-state index in [4.69, 9.17) is 0 Å². The third-order valence-corrected chi connectivity index (χ3v) is 4.87. The van der Waals surface area contributed by atoms with Gasteiger partial charge in [-0.2, -0.15) is 0 Å². The van der Waals surface area contributed by atoms with Crippen molar-refractivity contribution in [2.75, 3.05) is 13.1 Å². The van der Waals surface area contributed by atoms with E-state index in [0.717, 1.165) is 45.3 Å². The van der Waals surface area contributed by atoms with Crippen LogP contribution in [-0.4, -0.2) is 43.5 Å². The number of piperidine rings is 1. The number of hydrogen-bond donors (Lipinski definition) is 1. The first-order valence-electron chi connectivity index (χ1n) is 8.86. The number of likely N-dealkylation sites (tertiary alicyclic amines) is 1. The number of hydrogen-bond acceptors (Lipinski definition) is 4. The summed E-state index contributed by atoms with van der Waals surface area (Å²) in [6.45, 7) is 6.98. The number of rotatable bonds is 6. The molecule has 0 saturated carbocycles. The molecule has 0 spiro atoms. The highest BCUT2D eigenvalue weighted by atomic mass is 16.3. The van der Waals surface area contributed by atoms with E-state index < -0.39 is 5.60 Å². The molecule has 1 aliphatic rings. The number of benzene rings is 1. The van der Waals surface area contributed by atoms with Crippen LogP contribution in [0.25, 0.3) is 0 Å². The minimum absolute atomic E-state index is 0.542. The van der Waals surface area contributed by atoms with E-state index in [1.54, 1.807) is 0 Å². The van der Waals surface area contributed by atoms with Crippen molar-refractivity contribution in [3.05, 3.63) is 48.0 Å². The topological polar surface area (TPSA) is 54.2 Å². The highest BCUT2D eigenvalue weighted by molar-refractivity contribution is 5.22. The van der Waals surface area contributed by atoms with Gasteiger partial charge in [0.1, 0.15) is 12.7 Å². The van der Waals surface area contributed by atoms with Crippen LogP contribution in [0.5, 0.6) is 0 Å². The van der Waals surface area contributed by atoms with Crippen LogP contribution < -0.4 is 0 Å². The molecule has 0 aliphatic carbocycles. The average Bonchev–Trinajstić information content (AvgIpc) is 3.09. The third kappa shape index (κ3) is 4.89. The lowest BCUT2D eigenvalue weighted by atomic mass is 9.98. The van der Waals surface area contributed by atoms with Gasteiger partial charge >= 0.3 is 0 Å². The number of aryl methyl sites for hydroxylation is 1. The summed E-state index contributed by atoms with van der Waals surface area (Å²) >= 11 is 0. The van der Waals surface area contributed by atoms with E-state index in [1.807, 2.05) is 26.5 Å². The van der Waals surface area contributed by atoms with E-state index in [1.165, 1.54) is 11.1 Å². The van der Waals surface area contributed by atoms with Crippen LogP contribution in [-0.2, 0) is 13.0 Å². The maximum Gasteiger partial charge on any atom is 0.119 e. The molecular weight excluding hydrogens is 300 g/mol. The third-order valence-electron chi connectivity index (χ3n) is 4.87. The molecule has 0 unspecified atom stereocenters. The highest BCUT2D eigenvalue weighted by Crippen LogP contribution is 2.23. The predicted octanol–water partition coefficient (Wildman–Crippen LogP) is 2.82. The van der Waals surface area contributed by atoms with Crippen molar-refractivity contribution in [2.24, 2.45) is 0 Å². The number of aliphatic hydroxyl groups is 1. The van der Waals surface area contributed by atoms with Crippen LogP contribution in [0.1, 0.15) is 50.3 Å². The molecule has 3 rings (SSSR count). The monoisotopic (exact) mass is 328 g/mol. The predicted molar refractivity (Wildman–Crippen MR) is 94.6 cm³/mol. The van der Waals surface area contributed by atoms with Gasteiger partial charge in [-0.1, -0.05) is 24.3 Å². The van der Waals surface area contributed by atoms with Gasteiger partial charge in [0, 0.05) is 25.7 Å². The lowest BCUT2D eigenvalue weighted by Gasteiger charge is -2.32. The Hall–Kier alpha value is -1.72. The average molecular weight is 328 g/mol. The lowest BCUT2D eigenvalue weighted by Crippen LogP contribution is -2.33. The Balaban J connectivity index is 1.47. The van der Waals surface area contributed by atoms with Crippen LogP contribution in [0.3, 0.4) is 0 Å². The summed E-state index contributed by atoms with van der Waals surface area (Å²) in [7, 11) is 0. The number of nitrogens with zero attached hydrogens (tertiary/aromatic N) is 4. The molecule has 0 amide bonds. The van der Waals surface area contributed by atoms with Crippen molar-refractivity contribution in [3.63, 3.8) is 0 Å². The Kier molecular flexibility index (Phi) is 5.31. The molecule has 5 nitrogen and oxygen atoms in total. The fourth-order valence-corrected chi connectivity index (χ4v) is 3.29. The molecule has 130 valence electrons. The van der Waals surface area contributed by atoms with Crippen molar-refractivity contribution in [1.29, 1.82) is 0 Å². The smallest absolute Gasteiger partial charge is 0.119 e. The summed E-state index contributed by atoms with van der Waals surface area (Å²) in [5.74, 6) is 0. The van der Waals surface area contributed by atoms with Gasteiger partial charge in [-0.05, 0) is 50.7 Å². The Morgan fingerprint density at radius 3 is 2.21 bits per heavy atom. The second-order valence-electron chi connectivity index (χ2n) is 7.55. The van der Waals surface area contributed by atoms with E-state index in [9.17, 15) is 5.11 Å². The maximum absolute atomic E-state index is 9.82. The largest absolute Gasteiger partial charge is 0.390 e. The molecule has 24 heavy (non-hydrogen) atoms. The van der Waals surface area contributed by atoms with E-state index >= 15 is 0 Å². The molecule has 1 aromatic heterocycles. The first-order valence-corrected chi connectivity index (χ1v) is 8.86. The molecular formula is C19H28N4O. The van der Waals surface area contributed by atoms with Gasteiger partial charge < -0.3 is 9.67 Å². The van der Waals surface area contributed by atoms with Crippen LogP contribution in [0.4, 0.5) is 0 Å². The molecule has 0 atom stereocenters. The van der Waals surface area contributed by atoms with Crippen LogP contribution >= 0.6 is 0 Å². The summed E-state index contributed by atoms with van der Waals surface area (Å²) in [6.07, 6.45) is 7.68. The molecule has 0 radical (unpaired) electrons. The van der Waals surface area contributed by atoms with Crippen LogP contribution in [0.2, 0.25) is 0 Å². The Morgan fingerprint density at radius 2 is 1.62 bits per heavy atom. The lowest BCUT2D eigenvalue weighted by molar-refractivity contribution is 0.0714. The fourth-order valence-electron chi connectivity index (χ4n) is 3.29. The van der Waals surface area contributed by atoms with Gasteiger partial charge in [-0.3, -0.25) is 4.90 Å². The van der Waals surface area contributed by atoms with Crippen molar-refractivity contribution in [1.82, 2.24) is 19.7 Å². The highest BCUT2D eigenvalue weighted by Gasteiger charge is 2.20. The molecule has 2 aromatic rings. The van der Waals surface area contributed by atoms with Crippen molar-refractivity contribution < 1.29 is 5.11 Å². The minimum atomic E-state index is -0.590. The summed E-state index contributed by atoms with van der Waals surface area (Å²) in [6, 6.07) is 9.40. The summed E-state index contributed by atoms with van der Waals surface area (Å²) in [5, 5.41) is 17.6. The summed E-state index contributed by atoms with van der Waals surface area (Å²) in [5.41, 5.74) is 2.07. The van der Waals surface area contributed by atoms with Gasteiger partial charge in [0.15, 0.2) is 0 Å². The maximum atomic E-state index is 9.82. The molecule has 1 saturated heterocycles. The van der Waals surface area contributed by atoms with Gasteiger partial charge in [0.25, 0.3) is 0 Å². The van der Waals surface area contributed by atoms with Gasteiger partial charge in [0.2, 0.25) is 0 Å². The first kappa shape index (κ1) is 17.1. The molecule has 2 heterocycles. The standard InChI is InChI=1S/C19H28N4O/c1-19(2,24)10-7-16-3-5-17(6-4-16)13-22-11-8-18(9-12-22)23-14-20-21-15-23/h3-6,14-15,18,24H,7-13H2,1-2H3. The summed E-state index contributed by atoms with van der Waals surface area (Å²) < 4.78 is 2.13. The molecule has 1 fully saturated rings. The molecule has 0 bridgehead atoms. The van der Waals surface area contributed by atoms with Crippen molar-refractivity contribution in [3.8, 4) is 0 Å². The first-order chi connectivity index (χ1) is 11.5. The Morgan fingerprint density at radius 1 is 1.04 bits per heavy atom. The van der Waals surface area contributed by atoms with E-state index in [0.29, 0.717) is 6.04 Å². The Bertz CT molecular complexity index is 608. The quantitative estimate of drug-likeness (QED) is 0.886. The zero-order valence-corrected chi connectivity index (χ0v) is 14.7. The van der Waals surface area contributed by atoms with Crippen molar-refractivity contribution in [2.45, 2.75) is 57.7 Å². The van der Waals surface area contributed by atoms with Gasteiger partial charge in [0.05, 0.1) is 5.60 Å². The van der Waals surface area contributed by atoms with Gasteiger partial charge in [-0.15, -0.1) is 10.2 Å². The zero-order chi connectivity index (χ0) is 17.0. The Labute approximate surface area is 144 Å². The van der Waals surface area contributed by atoms with E-state index in [2.05, 4.69) is 43.9 Å². The molecule has 1 aromatic carbocycles. The van der Waals surface area contributed by atoms with Crippen LogP contribution in [0.15, 0.2) is 36.9 Å². The number of aromatic nitrogens is 3. The van der Waals surface area contributed by atoms with Crippen molar-refractivity contribution >= 4 is 0 Å². The minimum Gasteiger partial charge on any atom is -0.390 e. The summed E-state index contributed by atoms with van der Waals surface area (Å²) in [4.78, 5) is 2.52. The normalized spacial score (nSPS) is 17.3. The molecule has 1 N–H and O–H groups in total. The second-order valence-corrected chi connectivity index (χ2v) is 7.55. The molecule has 5 heteroatoms.